The SMILES string of the molecule is Cc1ccc(-n2c(C)cc(C(=O)COC(=O)CN3C(=O)C4CCCCC4C3=O)c2C)cc1C. The lowest BCUT2D eigenvalue weighted by Gasteiger charge is -2.19. The number of ether oxygens (including phenoxy) is 1. The number of amides is 2. The number of aryl methyl sites for hydroxylation is 3. The maximum absolute atomic E-state index is 12.8. The van der Waals surface area contributed by atoms with Crippen LogP contribution in [0.1, 0.15) is 58.6 Å². The van der Waals surface area contributed by atoms with Gasteiger partial charge in [-0.05, 0) is 69.9 Å². The highest BCUT2D eigenvalue weighted by atomic mass is 16.5. The van der Waals surface area contributed by atoms with Crippen LogP contribution in [0.2, 0.25) is 0 Å². The molecule has 0 radical (unpaired) electrons. The fourth-order valence-electron chi connectivity index (χ4n) is 5.09. The van der Waals surface area contributed by atoms with E-state index in [4.69, 9.17) is 4.74 Å². The molecule has 2 fully saturated rings. The number of fused-ring (bicyclic) bond motifs is 1. The third-order valence-electron chi connectivity index (χ3n) is 7.06. The highest BCUT2D eigenvalue weighted by molar-refractivity contribution is 6.07. The number of ketones is 1. The van der Waals surface area contributed by atoms with Crippen molar-refractivity contribution in [3.8, 4) is 5.69 Å². The lowest BCUT2D eigenvalue weighted by atomic mass is 9.81. The molecule has 2 amide bonds. The van der Waals surface area contributed by atoms with Crippen molar-refractivity contribution in [3.05, 3.63) is 52.3 Å². The second-order valence-electron chi connectivity index (χ2n) is 9.23. The van der Waals surface area contributed by atoms with Crippen molar-refractivity contribution in [3.63, 3.8) is 0 Å². The van der Waals surface area contributed by atoms with Gasteiger partial charge in [-0.25, -0.2) is 0 Å². The van der Waals surface area contributed by atoms with Crippen molar-refractivity contribution in [1.82, 2.24) is 9.47 Å². The maximum atomic E-state index is 12.8. The van der Waals surface area contributed by atoms with Crippen LogP contribution in [0.25, 0.3) is 5.69 Å². The van der Waals surface area contributed by atoms with Gasteiger partial charge in [0.15, 0.2) is 6.61 Å². The summed E-state index contributed by atoms with van der Waals surface area (Å²) in [6, 6.07) is 7.92. The normalized spacial score (nSPS) is 20.2. The average molecular weight is 451 g/mol. The highest BCUT2D eigenvalue weighted by Gasteiger charge is 2.48. The van der Waals surface area contributed by atoms with Crippen LogP contribution in [-0.4, -0.2) is 46.2 Å². The zero-order chi connectivity index (χ0) is 23.9. The van der Waals surface area contributed by atoms with Crippen LogP contribution in [0.5, 0.6) is 0 Å². The lowest BCUT2D eigenvalue weighted by Crippen LogP contribution is -2.37. The Bertz CT molecular complexity index is 1120. The van der Waals surface area contributed by atoms with Crippen molar-refractivity contribution >= 4 is 23.6 Å². The van der Waals surface area contributed by atoms with Gasteiger partial charge in [-0.1, -0.05) is 18.9 Å². The van der Waals surface area contributed by atoms with Crippen molar-refractivity contribution < 1.29 is 23.9 Å². The molecular formula is C26H30N2O5. The molecule has 2 heterocycles. The van der Waals surface area contributed by atoms with Crippen LogP contribution in [0, 0.1) is 39.5 Å². The predicted octanol–water partition coefficient (Wildman–Crippen LogP) is 3.61. The second kappa shape index (κ2) is 8.96. The molecule has 2 atom stereocenters. The monoisotopic (exact) mass is 450 g/mol. The van der Waals surface area contributed by atoms with Gasteiger partial charge in [0.1, 0.15) is 6.54 Å². The number of hydrogen-bond donors (Lipinski definition) is 0. The lowest BCUT2D eigenvalue weighted by molar-refractivity contribution is -0.152. The minimum atomic E-state index is -0.744. The molecule has 7 nitrogen and oxygen atoms in total. The van der Waals surface area contributed by atoms with Crippen LogP contribution in [0.4, 0.5) is 0 Å². The summed E-state index contributed by atoms with van der Waals surface area (Å²) in [6.07, 6.45) is 3.23. The first-order valence-corrected chi connectivity index (χ1v) is 11.5. The molecule has 0 N–H and O–H groups in total. The quantitative estimate of drug-likeness (QED) is 0.381. The van der Waals surface area contributed by atoms with E-state index in [1.54, 1.807) is 6.07 Å². The molecule has 7 heteroatoms. The Balaban J connectivity index is 1.41. The largest absolute Gasteiger partial charge is 0.456 e. The molecule has 4 rings (SSSR count). The summed E-state index contributed by atoms with van der Waals surface area (Å²) in [6.45, 7) is 7.02. The zero-order valence-electron chi connectivity index (χ0n) is 19.6. The van der Waals surface area contributed by atoms with E-state index in [0.717, 1.165) is 40.4 Å². The van der Waals surface area contributed by atoms with E-state index in [1.165, 1.54) is 5.56 Å². The Hall–Kier alpha value is -3.22. The fraction of sp³-hybridized carbons (Fsp3) is 0.462. The number of Topliss-reactive ketones (excluding diaryl/α,β-unsaturated/α-hetero) is 1. The number of nitrogens with zero attached hydrogens (tertiary/aromatic N) is 2. The number of carbonyl (C=O) groups is 4. The van der Waals surface area contributed by atoms with E-state index in [-0.39, 0.29) is 29.4 Å². The van der Waals surface area contributed by atoms with Gasteiger partial charge in [0.25, 0.3) is 0 Å². The summed E-state index contributed by atoms with van der Waals surface area (Å²) in [5.74, 6) is -2.26. The van der Waals surface area contributed by atoms with Gasteiger partial charge in [-0.15, -0.1) is 0 Å². The Labute approximate surface area is 193 Å². The average Bonchev–Trinajstić information content (AvgIpc) is 3.22. The van der Waals surface area contributed by atoms with Gasteiger partial charge in [-0.2, -0.15) is 0 Å². The van der Waals surface area contributed by atoms with Crippen molar-refractivity contribution in [2.75, 3.05) is 13.2 Å². The zero-order valence-corrected chi connectivity index (χ0v) is 19.6. The molecule has 2 aromatic rings. The first kappa shape index (κ1) is 23.0. The highest BCUT2D eigenvalue weighted by Crippen LogP contribution is 2.37. The maximum Gasteiger partial charge on any atom is 0.326 e. The molecular weight excluding hydrogens is 420 g/mol. The topological polar surface area (TPSA) is 85.7 Å². The summed E-state index contributed by atoms with van der Waals surface area (Å²) in [7, 11) is 0. The molecule has 1 aromatic heterocycles. The summed E-state index contributed by atoms with van der Waals surface area (Å²) in [4.78, 5) is 51.3. The second-order valence-corrected chi connectivity index (χ2v) is 9.23. The Morgan fingerprint density at radius 3 is 2.18 bits per heavy atom. The molecule has 1 aromatic carbocycles. The first-order valence-electron chi connectivity index (χ1n) is 11.5. The van der Waals surface area contributed by atoms with E-state index in [1.807, 2.05) is 37.5 Å². The standard InChI is InChI=1S/C26H30N2O5/c1-15-9-10-19(11-16(15)2)28-17(3)12-22(18(28)4)23(29)14-33-24(30)13-27-25(31)20-7-5-6-8-21(20)26(27)32/h9-12,20-21H,5-8,13-14H2,1-4H3. The summed E-state index contributed by atoms with van der Waals surface area (Å²) in [5, 5.41) is 0. The van der Waals surface area contributed by atoms with E-state index in [0.29, 0.717) is 18.4 Å². The van der Waals surface area contributed by atoms with Gasteiger partial charge < -0.3 is 9.30 Å². The number of rotatable bonds is 6. The third-order valence-corrected chi connectivity index (χ3v) is 7.06. The van der Waals surface area contributed by atoms with Gasteiger partial charge in [-0.3, -0.25) is 24.1 Å². The van der Waals surface area contributed by atoms with Gasteiger partial charge in [0.05, 0.1) is 11.8 Å². The molecule has 1 aliphatic heterocycles. The molecule has 1 saturated heterocycles. The number of carbonyl (C=O) groups excluding carboxylic acids is 4. The van der Waals surface area contributed by atoms with E-state index in [9.17, 15) is 19.2 Å². The van der Waals surface area contributed by atoms with E-state index in [2.05, 4.69) is 13.0 Å². The Kier molecular flexibility index (Phi) is 6.23. The molecule has 2 aliphatic rings. The third kappa shape index (κ3) is 4.24. The Morgan fingerprint density at radius 2 is 1.58 bits per heavy atom. The number of benzene rings is 1. The minimum Gasteiger partial charge on any atom is -0.456 e. The summed E-state index contributed by atoms with van der Waals surface area (Å²) < 4.78 is 7.18. The van der Waals surface area contributed by atoms with Crippen molar-refractivity contribution in [2.45, 2.75) is 53.4 Å². The molecule has 174 valence electrons. The fourth-order valence-corrected chi connectivity index (χ4v) is 5.09. The van der Waals surface area contributed by atoms with Crippen LogP contribution < -0.4 is 0 Å². The van der Waals surface area contributed by atoms with E-state index >= 15 is 0 Å². The predicted molar refractivity (Wildman–Crippen MR) is 122 cm³/mol. The van der Waals surface area contributed by atoms with Crippen molar-refractivity contribution in [1.29, 1.82) is 0 Å². The molecule has 0 spiro atoms. The van der Waals surface area contributed by atoms with Crippen LogP contribution in [-0.2, 0) is 19.1 Å². The van der Waals surface area contributed by atoms with Crippen LogP contribution in [0.15, 0.2) is 24.3 Å². The number of imide groups is 1. The van der Waals surface area contributed by atoms with Gasteiger partial charge >= 0.3 is 5.97 Å². The summed E-state index contributed by atoms with van der Waals surface area (Å²) >= 11 is 0. The van der Waals surface area contributed by atoms with Crippen LogP contribution in [0.3, 0.4) is 0 Å². The number of esters is 1. The number of hydrogen-bond acceptors (Lipinski definition) is 5. The van der Waals surface area contributed by atoms with E-state index < -0.39 is 19.1 Å². The van der Waals surface area contributed by atoms with Crippen LogP contribution >= 0.6 is 0 Å². The first-order chi connectivity index (χ1) is 15.7. The Morgan fingerprint density at radius 1 is 0.939 bits per heavy atom. The van der Waals surface area contributed by atoms with Crippen molar-refractivity contribution in [2.24, 2.45) is 11.8 Å². The number of aromatic nitrogens is 1. The summed E-state index contributed by atoms with van der Waals surface area (Å²) in [5.41, 5.74) is 5.48. The van der Waals surface area contributed by atoms with Gasteiger partial charge in [0.2, 0.25) is 17.6 Å². The minimum absolute atomic E-state index is 0.287. The molecule has 1 saturated carbocycles. The molecule has 1 aliphatic carbocycles. The molecule has 33 heavy (non-hydrogen) atoms. The molecule has 2 unspecified atom stereocenters. The smallest absolute Gasteiger partial charge is 0.326 e. The molecule has 0 bridgehead atoms. The number of likely N-dealkylation sites (tertiary alicyclic amines) is 1. The van der Waals surface area contributed by atoms with Gasteiger partial charge in [0, 0.05) is 22.6 Å².